The summed E-state index contributed by atoms with van der Waals surface area (Å²) in [6.45, 7) is 0.836. The smallest absolute Gasteiger partial charge is 0.321 e. The van der Waals surface area contributed by atoms with E-state index in [1.807, 2.05) is 0 Å². The van der Waals surface area contributed by atoms with Gasteiger partial charge in [0.25, 0.3) is 0 Å². The van der Waals surface area contributed by atoms with Crippen molar-refractivity contribution in [2.24, 2.45) is 5.73 Å². The van der Waals surface area contributed by atoms with E-state index in [-0.39, 0.29) is 11.9 Å². The van der Waals surface area contributed by atoms with Crippen molar-refractivity contribution in [1.29, 1.82) is 0 Å². The van der Waals surface area contributed by atoms with Crippen molar-refractivity contribution >= 4 is 11.9 Å². The van der Waals surface area contributed by atoms with Gasteiger partial charge in [-0.15, -0.1) is 0 Å². The van der Waals surface area contributed by atoms with Gasteiger partial charge < -0.3 is 11.1 Å². The first-order valence-electron chi connectivity index (χ1n) is 3.93. The summed E-state index contributed by atoms with van der Waals surface area (Å²) in [5, 5.41) is 2.99. The number of rotatable bonds is 1. The van der Waals surface area contributed by atoms with Crippen LogP contribution >= 0.6 is 0 Å². The number of carbonyl (C=O) groups is 2. The lowest BCUT2D eigenvalue weighted by atomic mass is 10.2. The SMILES string of the molecule is CN(C(N)=O)C(=O)[C@@H]1CCCN1. The van der Waals surface area contributed by atoms with Gasteiger partial charge in [0.05, 0.1) is 6.04 Å². The molecule has 1 aliphatic rings. The van der Waals surface area contributed by atoms with Crippen LogP contribution in [0, 0.1) is 0 Å². The van der Waals surface area contributed by atoms with Gasteiger partial charge in [0.2, 0.25) is 5.91 Å². The van der Waals surface area contributed by atoms with Gasteiger partial charge in [0.15, 0.2) is 0 Å². The molecule has 1 saturated heterocycles. The Kier molecular flexibility index (Phi) is 2.65. The Balaban J connectivity index is 2.51. The zero-order chi connectivity index (χ0) is 9.14. The van der Waals surface area contributed by atoms with Gasteiger partial charge in [0.1, 0.15) is 0 Å². The number of nitrogens with two attached hydrogens (primary N) is 1. The van der Waals surface area contributed by atoms with E-state index >= 15 is 0 Å². The molecule has 1 fully saturated rings. The van der Waals surface area contributed by atoms with Crippen molar-refractivity contribution in [3.05, 3.63) is 0 Å². The van der Waals surface area contributed by atoms with Gasteiger partial charge in [-0.25, -0.2) is 4.79 Å². The third kappa shape index (κ3) is 1.73. The fourth-order valence-electron chi connectivity index (χ4n) is 1.24. The molecule has 12 heavy (non-hydrogen) atoms. The second-order valence-electron chi connectivity index (χ2n) is 2.88. The van der Waals surface area contributed by atoms with Crippen molar-refractivity contribution in [1.82, 2.24) is 10.2 Å². The summed E-state index contributed by atoms with van der Waals surface area (Å²) in [5.41, 5.74) is 4.94. The van der Waals surface area contributed by atoms with Gasteiger partial charge in [-0.2, -0.15) is 0 Å². The molecule has 1 heterocycles. The van der Waals surface area contributed by atoms with E-state index in [0.717, 1.165) is 24.3 Å². The van der Waals surface area contributed by atoms with Crippen LogP contribution in [0.3, 0.4) is 0 Å². The van der Waals surface area contributed by atoms with Crippen LogP contribution in [-0.2, 0) is 4.79 Å². The third-order valence-electron chi connectivity index (χ3n) is 2.02. The molecule has 5 heteroatoms. The summed E-state index contributed by atoms with van der Waals surface area (Å²) < 4.78 is 0. The van der Waals surface area contributed by atoms with E-state index in [9.17, 15) is 9.59 Å². The number of primary amides is 1. The highest BCUT2D eigenvalue weighted by atomic mass is 16.2. The van der Waals surface area contributed by atoms with Gasteiger partial charge in [0, 0.05) is 7.05 Å². The fraction of sp³-hybridized carbons (Fsp3) is 0.714. The second kappa shape index (κ2) is 3.53. The van der Waals surface area contributed by atoms with Gasteiger partial charge >= 0.3 is 6.03 Å². The fourth-order valence-corrected chi connectivity index (χ4v) is 1.24. The van der Waals surface area contributed by atoms with Crippen molar-refractivity contribution in [2.45, 2.75) is 18.9 Å². The molecule has 0 unspecified atom stereocenters. The number of hydrogen-bond acceptors (Lipinski definition) is 3. The van der Waals surface area contributed by atoms with Gasteiger partial charge in [-0.3, -0.25) is 9.69 Å². The Hall–Kier alpha value is -1.10. The van der Waals surface area contributed by atoms with Crippen LogP contribution in [-0.4, -0.2) is 36.5 Å². The first-order chi connectivity index (χ1) is 5.63. The van der Waals surface area contributed by atoms with E-state index in [2.05, 4.69) is 5.32 Å². The van der Waals surface area contributed by atoms with E-state index in [1.165, 1.54) is 7.05 Å². The van der Waals surface area contributed by atoms with Crippen molar-refractivity contribution < 1.29 is 9.59 Å². The predicted octanol–water partition coefficient (Wildman–Crippen LogP) is -0.724. The Morgan fingerprint density at radius 2 is 2.25 bits per heavy atom. The summed E-state index contributed by atoms with van der Waals surface area (Å²) in [6, 6.07) is -0.920. The molecule has 1 atom stereocenters. The normalized spacial score (nSPS) is 22.2. The minimum Gasteiger partial charge on any atom is -0.351 e. The maximum atomic E-state index is 11.3. The molecule has 0 radical (unpaired) electrons. The van der Waals surface area contributed by atoms with Crippen LogP contribution < -0.4 is 11.1 Å². The number of amides is 3. The highest BCUT2D eigenvalue weighted by Gasteiger charge is 2.26. The maximum Gasteiger partial charge on any atom is 0.321 e. The number of imide groups is 1. The Bertz CT molecular complexity index is 199. The lowest BCUT2D eigenvalue weighted by molar-refractivity contribution is -0.128. The monoisotopic (exact) mass is 171 g/mol. The van der Waals surface area contributed by atoms with Gasteiger partial charge in [-0.1, -0.05) is 0 Å². The lowest BCUT2D eigenvalue weighted by Gasteiger charge is -2.16. The Labute approximate surface area is 70.9 Å². The minimum absolute atomic E-state index is 0.220. The summed E-state index contributed by atoms with van der Waals surface area (Å²) in [4.78, 5) is 22.9. The molecule has 0 bridgehead atoms. The predicted molar refractivity (Wildman–Crippen MR) is 43.4 cm³/mol. The van der Waals surface area contributed by atoms with E-state index in [0.29, 0.717) is 0 Å². The van der Waals surface area contributed by atoms with Crippen LogP contribution in [0.25, 0.3) is 0 Å². The van der Waals surface area contributed by atoms with E-state index in [4.69, 9.17) is 5.73 Å². The zero-order valence-electron chi connectivity index (χ0n) is 7.04. The Morgan fingerprint density at radius 3 is 2.67 bits per heavy atom. The maximum absolute atomic E-state index is 11.3. The molecule has 3 amide bonds. The summed E-state index contributed by atoms with van der Waals surface area (Å²) in [5.74, 6) is -0.236. The summed E-state index contributed by atoms with van der Waals surface area (Å²) in [6.07, 6.45) is 1.76. The van der Waals surface area contributed by atoms with Gasteiger partial charge in [-0.05, 0) is 19.4 Å². The zero-order valence-corrected chi connectivity index (χ0v) is 7.04. The highest BCUT2D eigenvalue weighted by molar-refractivity contribution is 5.96. The van der Waals surface area contributed by atoms with E-state index < -0.39 is 6.03 Å². The Morgan fingerprint density at radius 1 is 1.58 bits per heavy atom. The third-order valence-corrected chi connectivity index (χ3v) is 2.02. The van der Waals surface area contributed by atoms with Crippen LogP contribution in [0.5, 0.6) is 0 Å². The summed E-state index contributed by atoms with van der Waals surface area (Å²) in [7, 11) is 1.39. The number of carbonyl (C=O) groups excluding carboxylic acids is 2. The first-order valence-corrected chi connectivity index (χ1v) is 3.93. The molecule has 0 aromatic carbocycles. The van der Waals surface area contributed by atoms with E-state index in [1.54, 1.807) is 0 Å². The average molecular weight is 171 g/mol. The number of likely N-dealkylation sites (N-methyl/N-ethyl adjacent to an activating group) is 1. The van der Waals surface area contributed by atoms with Crippen molar-refractivity contribution in [3.63, 3.8) is 0 Å². The largest absolute Gasteiger partial charge is 0.351 e. The topological polar surface area (TPSA) is 75.4 Å². The molecule has 0 saturated carbocycles. The molecule has 0 aliphatic carbocycles. The van der Waals surface area contributed by atoms with Crippen LogP contribution in [0.2, 0.25) is 0 Å². The van der Waals surface area contributed by atoms with Crippen LogP contribution in [0.15, 0.2) is 0 Å². The lowest BCUT2D eigenvalue weighted by Crippen LogP contribution is -2.46. The number of urea groups is 1. The standard InChI is InChI=1S/C7H13N3O2/c1-10(7(8)12)6(11)5-3-2-4-9-5/h5,9H,2-4H2,1H3,(H2,8,12)/t5-/m0/s1. The van der Waals surface area contributed by atoms with Crippen LogP contribution in [0.4, 0.5) is 4.79 Å². The molecule has 0 aromatic rings. The molecule has 0 aromatic heterocycles. The molecule has 1 rings (SSSR count). The summed E-state index contributed by atoms with van der Waals surface area (Å²) >= 11 is 0. The molecule has 0 spiro atoms. The number of nitrogens with zero attached hydrogens (tertiary/aromatic N) is 1. The molecular formula is C7H13N3O2. The molecule has 1 aliphatic heterocycles. The molecule has 3 N–H and O–H groups in total. The molecule has 5 nitrogen and oxygen atoms in total. The molecule has 68 valence electrons. The average Bonchev–Trinajstić information content (AvgIpc) is 2.53. The van der Waals surface area contributed by atoms with Crippen LogP contribution in [0.1, 0.15) is 12.8 Å². The highest BCUT2D eigenvalue weighted by Crippen LogP contribution is 2.07. The number of nitrogens with one attached hydrogen (secondary N) is 1. The minimum atomic E-state index is -0.700. The van der Waals surface area contributed by atoms with Crippen molar-refractivity contribution in [3.8, 4) is 0 Å². The number of hydrogen-bond donors (Lipinski definition) is 2. The second-order valence-corrected chi connectivity index (χ2v) is 2.88. The van der Waals surface area contributed by atoms with Crippen molar-refractivity contribution in [2.75, 3.05) is 13.6 Å². The quantitative estimate of drug-likeness (QED) is 0.546. The first kappa shape index (κ1) is 8.99. The molecular weight excluding hydrogens is 158 g/mol.